The molecule has 4 N–H and O–H groups in total. The third kappa shape index (κ3) is 1.96. The van der Waals surface area contributed by atoms with Crippen molar-refractivity contribution in [2.75, 3.05) is 0 Å². The van der Waals surface area contributed by atoms with E-state index in [1.807, 2.05) is 0 Å². The molecule has 5 heteroatoms. The van der Waals surface area contributed by atoms with Crippen LogP contribution >= 0.6 is 0 Å². The molecule has 0 fully saturated rings. The van der Waals surface area contributed by atoms with Gasteiger partial charge in [0.1, 0.15) is 17.3 Å². The molecule has 0 aliphatic rings. The number of nitrogens with two attached hydrogens (primary N) is 1. The summed E-state index contributed by atoms with van der Waals surface area (Å²) >= 11 is 0. The van der Waals surface area contributed by atoms with Gasteiger partial charge in [-0.2, -0.15) is 0 Å². The smallest absolute Gasteiger partial charge is 0.144 e. The van der Waals surface area contributed by atoms with E-state index in [1.54, 1.807) is 30.7 Å². The zero-order valence-corrected chi connectivity index (χ0v) is 7.90. The average molecular weight is 202 g/mol. The highest BCUT2D eigenvalue weighted by Crippen LogP contribution is 2.23. The van der Waals surface area contributed by atoms with E-state index in [0.717, 1.165) is 0 Å². The van der Waals surface area contributed by atoms with Gasteiger partial charge in [-0.25, -0.2) is 0 Å². The third-order valence-corrected chi connectivity index (χ3v) is 1.87. The van der Waals surface area contributed by atoms with Crippen molar-refractivity contribution in [3.63, 3.8) is 0 Å². The van der Waals surface area contributed by atoms with Crippen LogP contribution < -0.4 is 10.5 Å². The Morgan fingerprint density at radius 3 is 3.00 bits per heavy atom. The number of nitrogen functional groups attached to an aromatic ring is 1. The van der Waals surface area contributed by atoms with E-state index in [4.69, 9.17) is 15.9 Å². The molecule has 0 aliphatic heterocycles. The predicted octanol–water partition coefficient (Wildman–Crippen LogP) is 1.49. The number of aromatic nitrogens is 2. The summed E-state index contributed by atoms with van der Waals surface area (Å²) in [6.07, 6.45) is 6.56. The molecular weight excluding hydrogens is 192 g/mol. The molecule has 2 heterocycles. The number of ether oxygens (including phenoxy) is 1. The first-order chi connectivity index (χ1) is 7.27. The number of nitrogens with one attached hydrogen (secondary N) is 2. The van der Waals surface area contributed by atoms with Crippen molar-refractivity contribution in [2.45, 2.75) is 0 Å². The van der Waals surface area contributed by atoms with E-state index in [9.17, 15) is 0 Å². The first-order valence-electron chi connectivity index (χ1n) is 4.36. The van der Waals surface area contributed by atoms with Crippen LogP contribution in [0.4, 0.5) is 0 Å². The molecule has 0 atom stereocenters. The van der Waals surface area contributed by atoms with Crippen molar-refractivity contribution in [1.29, 1.82) is 5.41 Å². The van der Waals surface area contributed by atoms with Gasteiger partial charge in [-0.05, 0) is 12.1 Å². The molecule has 0 aromatic carbocycles. The Hall–Kier alpha value is -2.30. The minimum absolute atomic E-state index is 0.0614. The SMILES string of the molecule is N=C(N)c1cnccc1Oc1cc[nH]c1. The van der Waals surface area contributed by atoms with Gasteiger partial charge >= 0.3 is 0 Å². The first-order valence-corrected chi connectivity index (χ1v) is 4.36. The van der Waals surface area contributed by atoms with Crippen molar-refractivity contribution in [1.82, 2.24) is 9.97 Å². The molecule has 0 saturated carbocycles. The van der Waals surface area contributed by atoms with Gasteiger partial charge < -0.3 is 15.5 Å². The summed E-state index contributed by atoms with van der Waals surface area (Å²) in [4.78, 5) is 6.76. The number of hydrogen-bond donors (Lipinski definition) is 3. The predicted molar refractivity (Wildman–Crippen MR) is 56.1 cm³/mol. The molecule has 0 radical (unpaired) electrons. The number of rotatable bonds is 3. The molecule has 0 spiro atoms. The molecule has 0 unspecified atom stereocenters. The standard InChI is InChI=1S/C10H10N4O/c11-10(12)8-6-14-4-2-9(8)15-7-1-3-13-5-7/h1-6,13H,(H3,11,12). The van der Waals surface area contributed by atoms with Crippen molar-refractivity contribution in [2.24, 2.45) is 5.73 Å². The third-order valence-electron chi connectivity index (χ3n) is 1.87. The second-order valence-corrected chi connectivity index (χ2v) is 2.93. The summed E-state index contributed by atoms with van der Waals surface area (Å²) < 4.78 is 5.52. The van der Waals surface area contributed by atoms with Crippen LogP contribution in [0.5, 0.6) is 11.5 Å². The Labute approximate surface area is 86.4 Å². The zero-order chi connectivity index (χ0) is 10.7. The summed E-state index contributed by atoms with van der Waals surface area (Å²) in [5.74, 6) is 1.13. The summed E-state index contributed by atoms with van der Waals surface area (Å²) in [7, 11) is 0. The molecule has 2 aromatic rings. The molecule has 76 valence electrons. The Morgan fingerprint density at radius 1 is 1.47 bits per heavy atom. The second-order valence-electron chi connectivity index (χ2n) is 2.93. The van der Waals surface area contributed by atoms with E-state index in [-0.39, 0.29) is 5.84 Å². The number of aromatic amines is 1. The van der Waals surface area contributed by atoms with E-state index < -0.39 is 0 Å². The van der Waals surface area contributed by atoms with Gasteiger partial charge in [-0.1, -0.05) is 0 Å². The number of pyridine rings is 1. The van der Waals surface area contributed by atoms with Gasteiger partial charge in [0.2, 0.25) is 0 Å². The lowest BCUT2D eigenvalue weighted by molar-refractivity contribution is 0.481. The molecule has 0 saturated heterocycles. The molecule has 2 rings (SSSR count). The highest BCUT2D eigenvalue weighted by atomic mass is 16.5. The minimum atomic E-state index is -0.0614. The minimum Gasteiger partial charge on any atom is -0.455 e. The van der Waals surface area contributed by atoms with Crippen molar-refractivity contribution in [3.8, 4) is 11.5 Å². The monoisotopic (exact) mass is 202 g/mol. The lowest BCUT2D eigenvalue weighted by Gasteiger charge is -2.07. The van der Waals surface area contributed by atoms with Crippen LogP contribution in [0.2, 0.25) is 0 Å². The fourth-order valence-corrected chi connectivity index (χ4v) is 1.17. The molecule has 15 heavy (non-hydrogen) atoms. The van der Waals surface area contributed by atoms with Crippen LogP contribution in [0.1, 0.15) is 5.56 Å². The van der Waals surface area contributed by atoms with Crippen LogP contribution in [0.3, 0.4) is 0 Å². The van der Waals surface area contributed by atoms with E-state index >= 15 is 0 Å². The van der Waals surface area contributed by atoms with E-state index in [2.05, 4.69) is 9.97 Å². The number of H-pyrrole nitrogens is 1. The second kappa shape index (κ2) is 3.83. The average Bonchev–Trinajstić information content (AvgIpc) is 2.71. The normalized spacial score (nSPS) is 9.87. The molecule has 0 amide bonds. The fraction of sp³-hybridized carbons (Fsp3) is 0. The number of hydrogen-bond acceptors (Lipinski definition) is 3. The quantitative estimate of drug-likeness (QED) is 0.520. The molecule has 5 nitrogen and oxygen atoms in total. The molecule has 2 aromatic heterocycles. The van der Waals surface area contributed by atoms with Crippen LogP contribution in [-0.4, -0.2) is 15.8 Å². The van der Waals surface area contributed by atoms with E-state index in [0.29, 0.717) is 17.1 Å². The zero-order valence-electron chi connectivity index (χ0n) is 7.90. The summed E-state index contributed by atoms with van der Waals surface area (Å²) in [5, 5.41) is 7.35. The van der Waals surface area contributed by atoms with Crippen molar-refractivity contribution in [3.05, 3.63) is 42.5 Å². The number of nitrogens with zero attached hydrogens (tertiary/aromatic N) is 1. The maximum atomic E-state index is 7.35. The molecule has 0 bridgehead atoms. The van der Waals surface area contributed by atoms with Gasteiger partial charge in [0.25, 0.3) is 0 Å². The van der Waals surface area contributed by atoms with Crippen LogP contribution in [0.15, 0.2) is 36.9 Å². The number of amidine groups is 1. The lowest BCUT2D eigenvalue weighted by Crippen LogP contribution is -2.12. The summed E-state index contributed by atoms with van der Waals surface area (Å²) in [6.45, 7) is 0. The van der Waals surface area contributed by atoms with Gasteiger partial charge in [0.05, 0.1) is 5.56 Å². The Morgan fingerprint density at radius 2 is 2.33 bits per heavy atom. The van der Waals surface area contributed by atoms with Crippen LogP contribution in [0, 0.1) is 5.41 Å². The van der Waals surface area contributed by atoms with Gasteiger partial charge in [-0.15, -0.1) is 0 Å². The van der Waals surface area contributed by atoms with Crippen molar-refractivity contribution < 1.29 is 4.74 Å². The maximum absolute atomic E-state index is 7.35. The molecular formula is C10H10N4O. The van der Waals surface area contributed by atoms with Crippen molar-refractivity contribution >= 4 is 5.84 Å². The van der Waals surface area contributed by atoms with Gasteiger partial charge in [0.15, 0.2) is 0 Å². The van der Waals surface area contributed by atoms with Crippen LogP contribution in [-0.2, 0) is 0 Å². The van der Waals surface area contributed by atoms with E-state index in [1.165, 1.54) is 6.20 Å². The Balaban J connectivity index is 2.32. The Bertz CT molecular complexity index is 464. The Kier molecular flexibility index (Phi) is 2.37. The summed E-state index contributed by atoms with van der Waals surface area (Å²) in [5.41, 5.74) is 5.88. The molecule has 0 aliphatic carbocycles. The fourth-order valence-electron chi connectivity index (χ4n) is 1.17. The lowest BCUT2D eigenvalue weighted by atomic mass is 10.2. The van der Waals surface area contributed by atoms with Crippen LogP contribution in [0.25, 0.3) is 0 Å². The highest BCUT2D eigenvalue weighted by Gasteiger charge is 2.07. The topological polar surface area (TPSA) is 87.8 Å². The largest absolute Gasteiger partial charge is 0.455 e. The highest BCUT2D eigenvalue weighted by molar-refractivity contribution is 5.97. The van der Waals surface area contributed by atoms with Gasteiger partial charge in [0, 0.05) is 24.8 Å². The first kappa shape index (κ1) is 9.26. The summed E-state index contributed by atoms with van der Waals surface area (Å²) in [6, 6.07) is 3.45. The maximum Gasteiger partial charge on any atom is 0.144 e. The van der Waals surface area contributed by atoms with Gasteiger partial charge in [-0.3, -0.25) is 10.4 Å².